The van der Waals surface area contributed by atoms with Crippen molar-refractivity contribution in [1.29, 1.82) is 0 Å². The smallest absolute Gasteiger partial charge is 0.240 e. The number of rotatable bonds is 7. The maximum atomic E-state index is 12.2. The van der Waals surface area contributed by atoms with Gasteiger partial charge in [0.15, 0.2) is 0 Å². The van der Waals surface area contributed by atoms with Gasteiger partial charge in [-0.3, -0.25) is 0 Å². The zero-order valence-electron chi connectivity index (χ0n) is 12.9. The quantitative estimate of drug-likeness (QED) is 0.627. The fraction of sp³-hybridized carbons (Fsp3) is 0.538. The van der Waals surface area contributed by atoms with E-state index in [-0.39, 0.29) is 34.8 Å². The molecule has 2 rings (SSSR count). The number of sulfonamides is 2. The van der Waals surface area contributed by atoms with E-state index in [1.54, 1.807) is 6.92 Å². The van der Waals surface area contributed by atoms with E-state index in [2.05, 4.69) is 9.44 Å². The molecule has 1 saturated carbocycles. The Morgan fingerprint density at radius 1 is 1.22 bits per heavy atom. The molecule has 4 N–H and O–H groups in total. The SMILES string of the molecule is CNS(=O)(=O)c1ccc(S(=O)(=O)NCC(N)C2CC2)cc1C.Cl. The van der Waals surface area contributed by atoms with Crippen molar-refractivity contribution in [3.63, 3.8) is 0 Å². The van der Waals surface area contributed by atoms with Crippen LogP contribution in [-0.2, 0) is 20.0 Å². The molecule has 1 aromatic carbocycles. The van der Waals surface area contributed by atoms with Crippen LogP contribution in [0.3, 0.4) is 0 Å². The average Bonchev–Trinajstić information content (AvgIpc) is 3.29. The predicted octanol–water partition coefficient (Wildman–Crippen LogP) is 0.341. The Morgan fingerprint density at radius 2 is 1.83 bits per heavy atom. The van der Waals surface area contributed by atoms with Gasteiger partial charge in [0.25, 0.3) is 0 Å². The lowest BCUT2D eigenvalue weighted by Crippen LogP contribution is -2.38. The number of nitrogens with one attached hydrogen (secondary N) is 2. The summed E-state index contributed by atoms with van der Waals surface area (Å²) in [4.78, 5) is 0.0895. The second-order valence-electron chi connectivity index (χ2n) is 5.49. The molecule has 23 heavy (non-hydrogen) atoms. The van der Waals surface area contributed by atoms with E-state index in [4.69, 9.17) is 5.73 Å². The molecule has 1 aliphatic carbocycles. The van der Waals surface area contributed by atoms with Gasteiger partial charge in [0, 0.05) is 12.6 Å². The van der Waals surface area contributed by atoms with Crippen molar-refractivity contribution in [2.75, 3.05) is 13.6 Å². The summed E-state index contributed by atoms with van der Waals surface area (Å²) in [7, 11) is -6.00. The summed E-state index contributed by atoms with van der Waals surface area (Å²) < 4.78 is 52.7. The van der Waals surface area contributed by atoms with Crippen molar-refractivity contribution >= 4 is 32.5 Å². The molecule has 0 heterocycles. The fourth-order valence-electron chi connectivity index (χ4n) is 2.18. The minimum Gasteiger partial charge on any atom is -0.326 e. The number of nitrogens with two attached hydrogens (primary N) is 1. The molecule has 1 unspecified atom stereocenters. The van der Waals surface area contributed by atoms with Crippen molar-refractivity contribution in [2.45, 2.75) is 35.6 Å². The summed E-state index contributed by atoms with van der Waals surface area (Å²) >= 11 is 0. The molecule has 0 spiro atoms. The van der Waals surface area contributed by atoms with Crippen LogP contribution in [0, 0.1) is 12.8 Å². The minimum absolute atomic E-state index is 0. The third-order valence-electron chi connectivity index (χ3n) is 3.75. The van der Waals surface area contributed by atoms with E-state index >= 15 is 0 Å². The Morgan fingerprint density at radius 3 is 2.30 bits per heavy atom. The molecule has 0 saturated heterocycles. The van der Waals surface area contributed by atoms with Crippen LogP contribution >= 0.6 is 12.4 Å². The number of hydrogen-bond donors (Lipinski definition) is 3. The summed E-state index contributed by atoms with van der Waals surface area (Å²) in [5.41, 5.74) is 6.24. The summed E-state index contributed by atoms with van der Waals surface area (Å²) in [5.74, 6) is 0.396. The third-order valence-corrected chi connectivity index (χ3v) is 6.75. The van der Waals surface area contributed by atoms with Gasteiger partial charge in [-0.25, -0.2) is 26.3 Å². The summed E-state index contributed by atoms with van der Waals surface area (Å²) in [5, 5.41) is 0. The van der Waals surface area contributed by atoms with Crippen molar-refractivity contribution < 1.29 is 16.8 Å². The van der Waals surface area contributed by atoms with Gasteiger partial charge in [-0.2, -0.15) is 0 Å². The van der Waals surface area contributed by atoms with Gasteiger partial charge in [-0.1, -0.05) is 0 Å². The second kappa shape index (κ2) is 7.45. The average molecular weight is 384 g/mol. The van der Waals surface area contributed by atoms with Gasteiger partial charge in [0.05, 0.1) is 9.79 Å². The van der Waals surface area contributed by atoms with Gasteiger partial charge in [0.2, 0.25) is 20.0 Å². The molecular weight excluding hydrogens is 362 g/mol. The molecule has 0 aromatic heterocycles. The maximum absolute atomic E-state index is 12.2. The van der Waals surface area contributed by atoms with E-state index < -0.39 is 20.0 Å². The molecule has 0 amide bonds. The molecule has 1 aliphatic rings. The Bertz CT molecular complexity index is 761. The van der Waals surface area contributed by atoms with Crippen molar-refractivity contribution in [3.05, 3.63) is 23.8 Å². The molecule has 132 valence electrons. The number of benzene rings is 1. The van der Waals surface area contributed by atoms with Crippen molar-refractivity contribution in [2.24, 2.45) is 11.7 Å². The standard InChI is InChI=1S/C13H21N3O4S2.ClH/c1-9-7-11(5-6-13(9)22(19,20)15-2)21(17,18)16-8-12(14)10-3-4-10;/h5-7,10,12,15-16H,3-4,8,14H2,1-2H3;1H. The molecule has 0 radical (unpaired) electrons. The first-order valence-corrected chi connectivity index (χ1v) is 9.93. The molecule has 1 aromatic rings. The fourth-order valence-corrected chi connectivity index (χ4v) is 4.29. The van der Waals surface area contributed by atoms with Gasteiger partial charge < -0.3 is 5.73 Å². The van der Waals surface area contributed by atoms with E-state index in [1.165, 1.54) is 25.2 Å². The zero-order valence-corrected chi connectivity index (χ0v) is 15.4. The normalized spacial score (nSPS) is 16.7. The van der Waals surface area contributed by atoms with Gasteiger partial charge in [-0.05, 0) is 56.5 Å². The lowest BCUT2D eigenvalue weighted by Gasteiger charge is -2.13. The van der Waals surface area contributed by atoms with Crippen molar-refractivity contribution in [1.82, 2.24) is 9.44 Å². The molecule has 0 bridgehead atoms. The summed E-state index contributed by atoms with van der Waals surface area (Å²) in [6, 6.07) is 3.73. The second-order valence-corrected chi connectivity index (χ2v) is 9.11. The van der Waals surface area contributed by atoms with Crippen LogP contribution in [-0.4, -0.2) is 36.5 Å². The topological polar surface area (TPSA) is 118 Å². The highest BCUT2D eigenvalue weighted by atomic mass is 35.5. The van der Waals surface area contributed by atoms with Gasteiger partial charge >= 0.3 is 0 Å². The number of hydrogen-bond acceptors (Lipinski definition) is 5. The summed E-state index contributed by atoms with van der Waals surface area (Å²) in [6.45, 7) is 1.74. The molecule has 10 heteroatoms. The molecule has 0 aliphatic heterocycles. The minimum atomic E-state index is -3.70. The lowest BCUT2D eigenvalue weighted by atomic mass is 10.2. The highest BCUT2D eigenvalue weighted by Crippen LogP contribution is 2.31. The van der Waals surface area contributed by atoms with Crippen LogP contribution in [0.15, 0.2) is 28.0 Å². The predicted molar refractivity (Wildman–Crippen MR) is 90.6 cm³/mol. The Kier molecular flexibility index (Phi) is 6.59. The van der Waals surface area contributed by atoms with E-state index in [0.29, 0.717) is 11.5 Å². The maximum Gasteiger partial charge on any atom is 0.240 e. The van der Waals surface area contributed by atoms with E-state index in [1.807, 2.05) is 0 Å². The zero-order chi connectivity index (χ0) is 16.5. The first-order chi connectivity index (χ1) is 10.2. The third kappa shape index (κ3) is 4.88. The van der Waals surface area contributed by atoms with Crippen LogP contribution in [0.5, 0.6) is 0 Å². The van der Waals surface area contributed by atoms with Crippen LogP contribution in [0.1, 0.15) is 18.4 Å². The number of aryl methyl sites for hydroxylation is 1. The molecular formula is C13H22ClN3O4S2. The Labute approximate surface area is 143 Å². The Hall–Kier alpha value is -0.710. The van der Waals surface area contributed by atoms with Crippen LogP contribution in [0.25, 0.3) is 0 Å². The summed E-state index contributed by atoms with van der Waals surface area (Å²) in [6.07, 6.45) is 2.08. The molecule has 7 nitrogen and oxygen atoms in total. The highest BCUT2D eigenvalue weighted by molar-refractivity contribution is 7.90. The monoisotopic (exact) mass is 383 g/mol. The van der Waals surface area contributed by atoms with Gasteiger partial charge in [-0.15, -0.1) is 12.4 Å². The van der Waals surface area contributed by atoms with Crippen LogP contribution in [0.2, 0.25) is 0 Å². The molecule has 1 fully saturated rings. The van der Waals surface area contributed by atoms with Gasteiger partial charge in [0.1, 0.15) is 0 Å². The number of halogens is 1. The Balaban J connectivity index is 0.00000264. The largest absolute Gasteiger partial charge is 0.326 e. The first-order valence-electron chi connectivity index (χ1n) is 6.97. The lowest BCUT2D eigenvalue weighted by molar-refractivity contribution is 0.547. The molecule has 1 atom stereocenters. The first kappa shape index (κ1) is 20.3. The van der Waals surface area contributed by atoms with Crippen molar-refractivity contribution in [3.8, 4) is 0 Å². The van der Waals surface area contributed by atoms with Crippen LogP contribution in [0.4, 0.5) is 0 Å². The highest BCUT2D eigenvalue weighted by Gasteiger charge is 2.29. The van der Waals surface area contributed by atoms with E-state index in [0.717, 1.165) is 12.8 Å². The van der Waals surface area contributed by atoms with Crippen LogP contribution < -0.4 is 15.2 Å². The van der Waals surface area contributed by atoms with E-state index in [9.17, 15) is 16.8 Å².